The Hall–Kier alpha value is -1.30. The van der Waals surface area contributed by atoms with Crippen LogP contribution in [0.4, 0.5) is 4.79 Å². The van der Waals surface area contributed by atoms with E-state index in [9.17, 15) is 14.7 Å². The van der Waals surface area contributed by atoms with Crippen LogP contribution in [-0.4, -0.2) is 65.3 Å². The van der Waals surface area contributed by atoms with E-state index in [-0.39, 0.29) is 18.7 Å². The minimum atomic E-state index is -0.985. The van der Waals surface area contributed by atoms with Crippen molar-refractivity contribution < 1.29 is 19.4 Å². The van der Waals surface area contributed by atoms with E-state index >= 15 is 0 Å². The summed E-state index contributed by atoms with van der Waals surface area (Å²) in [6, 6.07) is -0.742. The first-order chi connectivity index (χ1) is 9.65. The van der Waals surface area contributed by atoms with Gasteiger partial charge in [0.15, 0.2) is 6.04 Å². The fraction of sp³-hybridized carbons (Fsp3) is 0.857. The maximum Gasteiger partial charge on any atom is 0.328 e. The smallest absolute Gasteiger partial charge is 0.328 e. The SMILES string of the molecule is CCC1CCCCCN1C(=O)N1CCOCC1C(=O)O. The molecule has 2 aliphatic rings. The van der Waals surface area contributed by atoms with Gasteiger partial charge in [0.05, 0.1) is 13.2 Å². The molecule has 1 N–H and O–H groups in total. The molecule has 0 aromatic rings. The quantitative estimate of drug-likeness (QED) is 0.835. The number of carbonyl (C=O) groups is 2. The third kappa shape index (κ3) is 3.23. The average Bonchev–Trinajstić information content (AvgIpc) is 2.71. The molecule has 20 heavy (non-hydrogen) atoms. The molecule has 6 nitrogen and oxygen atoms in total. The molecule has 2 unspecified atom stereocenters. The Kier molecular flexibility index (Phi) is 5.23. The van der Waals surface area contributed by atoms with E-state index < -0.39 is 12.0 Å². The highest BCUT2D eigenvalue weighted by Crippen LogP contribution is 2.22. The Morgan fingerprint density at radius 1 is 1.20 bits per heavy atom. The largest absolute Gasteiger partial charge is 0.480 e. The number of amides is 2. The summed E-state index contributed by atoms with van der Waals surface area (Å²) in [5.74, 6) is -0.985. The van der Waals surface area contributed by atoms with Crippen LogP contribution in [0.15, 0.2) is 0 Å². The molecule has 2 amide bonds. The van der Waals surface area contributed by atoms with E-state index in [0.717, 1.165) is 38.6 Å². The maximum atomic E-state index is 12.7. The number of hydrogen-bond acceptors (Lipinski definition) is 3. The fourth-order valence-corrected chi connectivity index (χ4v) is 3.06. The van der Waals surface area contributed by atoms with Crippen LogP contribution in [-0.2, 0) is 9.53 Å². The van der Waals surface area contributed by atoms with Gasteiger partial charge in [-0.3, -0.25) is 0 Å². The molecule has 2 rings (SSSR count). The number of nitrogens with zero attached hydrogens (tertiary/aromatic N) is 2. The molecule has 2 heterocycles. The lowest BCUT2D eigenvalue weighted by Gasteiger charge is -2.39. The summed E-state index contributed by atoms with van der Waals surface area (Å²) in [6.07, 6.45) is 5.24. The predicted octanol–water partition coefficient (Wildman–Crippen LogP) is 1.55. The number of carbonyl (C=O) groups excluding carboxylic acids is 1. The molecule has 0 saturated carbocycles. The lowest BCUT2D eigenvalue weighted by Crippen LogP contribution is -2.58. The van der Waals surface area contributed by atoms with Gasteiger partial charge < -0.3 is 19.6 Å². The third-order valence-corrected chi connectivity index (χ3v) is 4.25. The van der Waals surface area contributed by atoms with E-state index in [2.05, 4.69) is 6.92 Å². The molecular formula is C14H24N2O4. The number of urea groups is 1. The molecule has 6 heteroatoms. The van der Waals surface area contributed by atoms with Crippen LogP contribution in [0.1, 0.15) is 39.0 Å². The van der Waals surface area contributed by atoms with Crippen molar-refractivity contribution in [2.24, 2.45) is 0 Å². The lowest BCUT2D eigenvalue weighted by atomic mass is 10.1. The van der Waals surface area contributed by atoms with Gasteiger partial charge in [-0.2, -0.15) is 0 Å². The normalized spacial score (nSPS) is 28.1. The van der Waals surface area contributed by atoms with Gasteiger partial charge in [-0.05, 0) is 19.3 Å². The van der Waals surface area contributed by atoms with Crippen LogP contribution in [0.5, 0.6) is 0 Å². The number of morpholine rings is 1. The predicted molar refractivity (Wildman–Crippen MR) is 73.6 cm³/mol. The van der Waals surface area contributed by atoms with Crippen molar-refractivity contribution in [1.29, 1.82) is 0 Å². The fourth-order valence-electron chi connectivity index (χ4n) is 3.06. The molecule has 0 radical (unpaired) electrons. The van der Waals surface area contributed by atoms with Gasteiger partial charge >= 0.3 is 12.0 Å². The highest BCUT2D eigenvalue weighted by molar-refractivity contribution is 5.83. The Balaban J connectivity index is 2.12. The van der Waals surface area contributed by atoms with E-state index in [4.69, 9.17) is 4.74 Å². The van der Waals surface area contributed by atoms with Crippen molar-refractivity contribution in [2.75, 3.05) is 26.3 Å². The zero-order valence-electron chi connectivity index (χ0n) is 12.1. The topological polar surface area (TPSA) is 70.1 Å². The molecule has 2 fully saturated rings. The summed E-state index contributed by atoms with van der Waals surface area (Å²) in [7, 11) is 0. The Bertz CT molecular complexity index is 361. The first-order valence-electron chi connectivity index (χ1n) is 7.53. The summed E-state index contributed by atoms with van der Waals surface area (Å²) in [4.78, 5) is 27.4. The van der Waals surface area contributed by atoms with E-state index in [1.807, 2.05) is 4.90 Å². The minimum absolute atomic E-state index is 0.0890. The lowest BCUT2D eigenvalue weighted by molar-refractivity contribution is -0.147. The molecule has 2 saturated heterocycles. The summed E-state index contributed by atoms with van der Waals surface area (Å²) in [6.45, 7) is 3.69. The van der Waals surface area contributed by atoms with Gasteiger partial charge in [0.25, 0.3) is 0 Å². The van der Waals surface area contributed by atoms with Crippen molar-refractivity contribution in [3.05, 3.63) is 0 Å². The number of aliphatic carboxylic acids is 1. The number of ether oxygens (including phenoxy) is 1. The van der Waals surface area contributed by atoms with Crippen molar-refractivity contribution in [3.8, 4) is 0 Å². The van der Waals surface area contributed by atoms with Gasteiger partial charge in [0, 0.05) is 19.1 Å². The first-order valence-corrected chi connectivity index (χ1v) is 7.53. The minimum Gasteiger partial charge on any atom is -0.480 e. The highest BCUT2D eigenvalue weighted by atomic mass is 16.5. The van der Waals surface area contributed by atoms with E-state index in [0.29, 0.717) is 13.2 Å². The van der Waals surface area contributed by atoms with Crippen molar-refractivity contribution in [1.82, 2.24) is 9.80 Å². The molecule has 0 aromatic carbocycles. The molecule has 2 atom stereocenters. The Labute approximate surface area is 119 Å². The van der Waals surface area contributed by atoms with Crippen LogP contribution in [0.25, 0.3) is 0 Å². The van der Waals surface area contributed by atoms with Gasteiger partial charge in [-0.15, -0.1) is 0 Å². The molecule has 0 aromatic heterocycles. The molecule has 0 aliphatic carbocycles. The Morgan fingerprint density at radius 2 is 2.00 bits per heavy atom. The zero-order valence-corrected chi connectivity index (χ0v) is 12.1. The van der Waals surface area contributed by atoms with Crippen molar-refractivity contribution in [3.63, 3.8) is 0 Å². The highest BCUT2D eigenvalue weighted by Gasteiger charge is 2.37. The summed E-state index contributed by atoms with van der Waals surface area (Å²) in [5.41, 5.74) is 0. The zero-order chi connectivity index (χ0) is 14.5. The summed E-state index contributed by atoms with van der Waals surface area (Å²) < 4.78 is 5.20. The maximum absolute atomic E-state index is 12.7. The molecule has 2 aliphatic heterocycles. The van der Waals surface area contributed by atoms with Gasteiger partial charge in [-0.1, -0.05) is 19.8 Å². The summed E-state index contributed by atoms with van der Waals surface area (Å²) in [5, 5.41) is 9.24. The number of hydrogen-bond donors (Lipinski definition) is 1. The number of carboxylic acid groups (broad SMARTS) is 1. The second kappa shape index (κ2) is 6.92. The van der Waals surface area contributed by atoms with Gasteiger partial charge in [0.1, 0.15) is 0 Å². The van der Waals surface area contributed by atoms with E-state index in [1.165, 1.54) is 4.90 Å². The van der Waals surface area contributed by atoms with E-state index in [1.54, 1.807) is 0 Å². The van der Waals surface area contributed by atoms with Crippen LogP contribution >= 0.6 is 0 Å². The molecular weight excluding hydrogens is 260 g/mol. The third-order valence-electron chi connectivity index (χ3n) is 4.25. The van der Waals surface area contributed by atoms with Crippen LogP contribution in [0.2, 0.25) is 0 Å². The first kappa shape index (κ1) is 15.1. The average molecular weight is 284 g/mol. The molecule has 114 valence electrons. The van der Waals surface area contributed by atoms with Crippen LogP contribution in [0.3, 0.4) is 0 Å². The Morgan fingerprint density at radius 3 is 2.70 bits per heavy atom. The number of rotatable bonds is 2. The molecule has 0 spiro atoms. The molecule has 0 bridgehead atoms. The summed E-state index contributed by atoms with van der Waals surface area (Å²) >= 11 is 0. The second-order valence-electron chi connectivity index (χ2n) is 5.51. The number of carboxylic acids is 1. The van der Waals surface area contributed by atoms with Crippen LogP contribution < -0.4 is 0 Å². The monoisotopic (exact) mass is 284 g/mol. The van der Waals surface area contributed by atoms with Gasteiger partial charge in [-0.25, -0.2) is 9.59 Å². The van der Waals surface area contributed by atoms with Crippen molar-refractivity contribution >= 4 is 12.0 Å². The second-order valence-corrected chi connectivity index (χ2v) is 5.51. The van der Waals surface area contributed by atoms with Crippen molar-refractivity contribution in [2.45, 2.75) is 51.1 Å². The number of likely N-dealkylation sites (tertiary alicyclic amines) is 1. The van der Waals surface area contributed by atoms with Crippen LogP contribution in [0, 0.1) is 0 Å². The van der Waals surface area contributed by atoms with Gasteiger partial charge in [0.2, 0.25) is 0 Å². The standard InChI is InChI=1S/C14H24N2O4/c1-2-11-6-4-3-5-7-15(11)14(19)16-8-9-20-10-12(16)13(17)18/h11-12H,2-10H2,1H3,(H,17,18).